The van der Waals surface area contributed by atoms with Gasteiger partial charge in [-0.15, -0.1) is 8.39 Å². The van der Waals surface area contributed by atoms with Gasteiger partial charge in [0.25, 0.3) is 0 Å². The molecule has 0 spiro atoms. The molecule has 64 heavy (non-hydrogen) atoms. The van der Waals surface area contributed by atoms with E-state index in [-0.39, 0.29) is 36.2 Å². The van der Waals surface area contributed by atoms with E-state index in [1.807, 2.05) is 0 Å². The molecular formula is C42H62F12O8P2. The van der Waals surface area contributed by atoms with Crippen molar-refractivity contribution in [3.63, 3.8) is 0 Å². The molecule has 2 aliphatic carbocycles. The third-order valence-corrected chi connectivity index (χ3v) is 11.7. The number of ether oxygens (including phenoxy) is 2. The maximum Gasteiger partial charge on any atom is 0.513 e. The molecule has 2 aromatic carbocycles. The third-order valence-electron chi connectivity index (χ3n) is 10.6. The summed E-state index contributed by atoms with van der Waals surface area (Å²) >= 11 is 0. The van der Waals surface area contributed by atoms with Crippen LogP contribution in [0.2, 0.25) is 0 Å². The molecule has 0 amide bonds. The van der Waals surface area contributed by atoms with Gasteiger partial charge in [0.2, 0.25) is 11.6 Å². The van der Waals surface area contributed by atoms with Gasteiger partial charge in [0.1, 0.15) is 0 Å². The Hall–Kier alpha value is -2.50. The molecule has 0 radical (unpaired) electrons. The number of rotatable bonds is 20. The molecular weight excluding hydrogens is 922 g/mol. The van der Waals surface area contributed by atoms with Gasteiger partial charge in [0.05, 0.1) is 13.2 Å². The van der Waals surface area contributed by atoms with E-state index < -0.39 is 76.1 Å². The van der Waals surface area contributed by atoms with Gasteiger partial charge >= 0.3 is 28.0 Å². The van der Waals surface area contributed by atoms with Crippen molar-refractivity contribution in [2.75, 3.05) is 26.6 Å². The Morgan fingerprint density at radius 1 is 0.562 bits per heavy atom. The molecule has 2 N–H and O–H groups in total. The van der Waals surface area contributed by atoms with E-state index in [1.165, 1.54) is 63.5 Å². The minimum absolute atomic E-state index is 0.0633. The molecule has 0 bridgehead atoms. The average Bonchev–Trinajstić information content (AvgIpc) is 3.22. The lowest BCUT2D eigenvalue weighted by atomic mass is 9.77. The Bertz CT molecular complexity index is 1610. The predicted octanol–water partition coefficient (Wildman–Crippen LogP) is 15.7. The second kappa shape index (κ2) is 29.3. The molecule has 0 aliphatic heterocycles. The van der Waals surface area contributed by atoms with Crippen LogP contribution in [-0.2, 0) is 18.2 Å². The van der Waals surface area contributed by atoms with E-state index in [0.717, 1.165) is 63.5 Å². The van der Waals surface area contributed by atoms with Crippen molar-refractivity contribution < 1.29 is 89.7 Å². The fourth-order valence-corrected chi connectivity index (χ4v) is 8.19. The molecule has 0 heterocycles. The Balaban J connectivity index is 0.000000495. The predicted molar refractivity (Wildman–Crippen MR) is 219 cm³/mol. The second-order valence-corrected chi connectivity index (χ2v) is 17.8. The number of hydrogen-bond donors (Lipinski definition) is 2. The first-order valence-corrected chi connectivity index (χ1v) is 24.4. The molecule has 2 aliphatic rings. The highest BCUT2D eigenvalue weighted by molar-refractivity contribution is 7.48. The van der Waals surface area contributed by atoms with E-state index in [1.54, 1.807) is 13.8 Å². The monoisotopic (exact) mass is 984 g/mol. The van der Waals surface area contributed by atoms with Crippen LogP contribution < -0.4 is 9.47 Å². The van der Waals surface area contributed by atoms with E-state index >= 15 is 0 Å². The van der Waals surface area contributed by atoms with Crippen molar-refractivity contribution >= 4 is 15.8 Å². The van der Waals surface area contributed by atoms with E-state index in [2.05, 4.69) is 32.4 Å². The Labute approximate surface area is 368 Å². The summed E-state index contributed by atoms with van der Waals surface area (Å²) in [5.41, 5.74) is 0.390. The van der Waals surface area contributed by atoms with E-state index in [4.69, 9.17) is 14.4 Å². The van der Waals surface area contributed by atoms with Crippen LogP contribution in [0, 0.1) is 35.1 Å². The molecule has 2 fully saturated rings. The number of unbranched alkanes of at least 4 members (excludes halogenated alkanes) is 4. The van der Waals surface area contributed by atoms with Gasteiger partial charge in [-0.05, 0) is 112 Å². The van der Waals surface area contributed by atoms with Crippen molar-refractivity contribution in [2.45, 2.75) is 154 Å². The third kappa shape index (κ3) is 23.3. The normalized spacial score (nSPS) is 19.3. The minimum Gasteiger partial charge on any atom is -0.427 e. The minimum atomic E-state index is -5.14. The van der Waals surface area contributed by atoms with Crippen molar-refractivity contribution in [1.29, 1.82) is 0 Å². The molecule has 2 aromatic rings. The summed E-state index contributed by atoms with van der Waals surface area (Å²) in [6.07, 6.45) is 8.09. The lowest BCUT2D eigenvalue weighted by Crippen LogP contribution is -2.27. The van der Waals surface area contributed by atoms with Crippen LogP contribution in [0.25, 0.3) is 0 Å². The van der Waals surface area contributed by atoms with Crippen molar-refractivity contribution in [3.05, 3.63) is 58.7 Å². The van der Waals surface area contributed by atoms with Crippen molar-refractivity contribution in [2.24, 2.45) is 11.8 Å². The maximum atomic E-state index is 14.3. The summed E-state index contributed by atoms with van der Waals surface area (Å²) in [5, 5.41) is 0. The molecule has 8 nitrogen and oxygen atoms in total. The fraction of sp³-hybridized carbons (Fsp3) is 0.714. The molecule has 4 rings (SSSR count). The van der Waals surface area contributed by atoms with Crippen LogP contribution >= 0.6 is 15.8 Å². The van der Waals surface area contributed by atoms with Gasteiger partial charge in [-0.3, -0.25) is 18.8 Å². The highest BCUT2D eigenvalue weighted by atomic mass is 31.2. The first kappa shape index (κ1) is 59.5. The summed E-state index contributed by atoms with van der Waals surface area (Å²) in [7, 11) is -9.33. The molecule has 0 atom stereocenters. The van der Waals surface area contributed by atoms with Crippen molar-refractivity contribution in [1.82, 2.24) is 0 Å². The summed E-state index contributed by atoms with van der Waals surface area (Å²) in [6.45, 7) is 3.34. The summed E-state index contributed by atoms with van der Waals surface area (Å²) in [6, 6.07) is 4.49. The summed E-state index contributed by atoms with van der Waals surface area (Å²) in [5.74, 6) is -6.19. The van der Waals surface area contributed by atoms with Gasteiger partial charge in [-0.2, -0.15) is 26.3 Å². The molecule has 0 aromatic heterocycles. The summed E-state index contributed by atoms with van der Waals surface area (Å²) in [4.78, 5) is 13.9. The van der Waals surface area contributed by atoms with Gasteiger partial charge < -0.3 is 9.47 Å². The standard InChI is InChI=1S/2C19H25F5O.C4H10FO3P.FH2O3P/c2*1-2-3-4-5-13-6-8-14(9-7-13)15-10-11-16(18(22)17(15)21)25-19(23,24)12-20;1-3-7-9(5,6)8-4-2;1-5(2,3)4/h2*10-11,13-14H,2-9,12H2,1H3;3-4H2,1-2H3;(H2,2,3,4). The van der Waals surface area contributed by atoms with Crippen LogP contribution in [0.4, 0.5) is 52.3 Å². The van der Waals surface area contributed by atoms with Gasteiger partial charge in [-0.1, -0.05) is 77.3 Å². The highest BCUT2D eigenvalue weighted by Crippen LogP contribution is 2.49. The Morgan fingerprint density at radius 2 is 0.875 bits per heavy atom. The molecule has 2 saturated carbocycles. The zero-order valence-corrected chi connectivity index (χ0v) is 38.3. The van der Waals surface area contributed by atoms with Gasteiger partial charge in [-0.25, -0.2) is 26.7 Å². The zero-order chi connectivity index (χ0) is 48.7. The first-order valence-electron chi connectivity index (χ1n) is 21.4. The lowest BCUT2D eigenvalue weighted by Gasteiger charge is -2.29. The van der Waals surface area contributed by atoms with Crippen LogP contribution in [0.5, 0.6) is 11.5 Å². The highest BCUT2D eigenvalue weighted by Gasteiger charge is 2.36. The number of hydrogen-bond acceptors (Lipinski definition) is 6. The number of benzene rings is 2. The average molecular weight is 985 g/mol. The van der Waals surface area contributed by atoms with Crippen molar-refractivity contribution in [3.8, 4) is 11.5 Å². The van der Waals surface area contributed by atoms with Gasteiger partial charge in [0, 0.05) is 0 Å². The summed E-state index contributed by atoms with van der Waals surface area (Å²) < 4.78 is 190. The number of alkyl halides is 6. The molecule has 0 saturated heterocycles. The van der Waals surface area contributed by atoms with Crippen LogP contribution in [0.15, 0.2) is 24.3 Å². The Kier molecular flexibility index (Phi) is 27.2. The maximum absolute atomic E-state index is 14.3. The van der Waals surface area contributed by atoms with Crippen LogP contribution in [-0.4, -0.2) is 48.6 Å². The quantitative estimate of drug-likeness (QED) is 0.0767. The lowest BCUT2D eigenvalue weighted by molar-refractivity contribution is -0.188. The number of halogens is 12. The topological polar surface area (TPSA) is 112 Å². The Morgan fingerprint density at radius 3 is 1.14 bits per heavy atom. The molecule has 22 heteroatoms. The first-order chi connectivity index (χ1) is 29.9. The smallest absolute Gasteiger partial charge is 0.427 e. The zero-order valence-electron chi connectivity index (χ0n) is 36.5. The SMILES string of the molecule is CCCCCC1CCC(c2ccc(OC(F)(F)CF)c(F)c2F)CC1.CCCCCC1CCC(c2ccc(OC(F)(F)CF)c(F)c2F)CC1.CCOP(=O)(F)OCC.O=P(O)(O)F. The second-order valence-electron chi connectivity index (χ2n) is 15.5. The molecule has 0 unspecified atom stereocenters. The van der Waals surface area contributed by atoms with E-state index in [0.29, 0.717) is 11.8 Å². The van der Waals surface area contributed by atoms with Crippen LogP contribution in [0.3, 0.4) is 0 Å². The molecule has 372 valence electrons. The van der Waals surface area contributed by atoms with Crippen LogP contribution in [0.1, 0.15) is 153 Å². The van der Waals surface area contributed by atoms with E-state index in [9.17, 15) is 56.9 Å². The largest absolute Gasteiger partial charge is 0.513 e. The van der Waals surface area contributed by atoms with Gasteiger partial charge in [0.15, 0.2) is 36.5 Å². The fourth-order valence-electron chi connectivity index (χ4n) is 7.49.